The molecule has 0 radical (unpaired) electrons. The second kappa shape index (κ2) is 11.8. The molecule has 33 heavy (non-hydrogen) atoms. The fraction of sp³-hybridized carbons (Fsp3) is 0.333. The molecule has 0 heterocycles. The zero-order chi connectivity index (χ0) is 24.6. The topological polar surface area (TPSA) is 79.5 Å². The molecular formula is C24H28BrF2N3O3. The van der Waals surface area contributed by atoms with Crippen LogP contribution in [0, 0.1) is 11.6 Å². The van der Waals surface area contributed by atoms with Crippen molar-refractivity contribution in [2.24, 2.45) is 0 Å². The summed E-state index contributed by atoms with van der Waals surface area (Å²) in [7, 11) is 0. The number of carbonyl (C=O) groups is 2. The lowest BCUT2D eigenvalue weighted by Crippen LogP contribution is -2.40. The molecule has 178 valence electrons. The van der Waals surface area contributed by atoms with Crippen LogP contribution in [0.15, 0.2) is 58.7 Å². The largest absolute Gasteiger partial charge is 0.444 e. The van der Waals surface area contributed by atoms with E-state index in [0.717, 1.165) is 5.56 Å². The Labute approximate surface area is 200 Å². The molecule has 0 aliphatic heterocycles. The predicted molar refractivity (Wildman–Crippen MR) is 126 cm³/mol. The number of hydrogen-bond donors (Lipinski definition) is 3. The molecule has 0 spiro atoms. The third-order valence-corrected chi connectivity index (χ3v) is 5.44. The number of allylic oxidation sites excluding steroid dienone is 1. The summed E-state index contributed by atoms with van der Waals surface area (Å²) in [6.45, 7) is 6.85. The maximum atomic E-state index is 13.8. The van der Waals surface area contributed by atoms with E-state index in [9.17, 15) is 18.4 Å². The van der Waals surface area contributed by atoms with E-state index < -0.39 is 35.3 Å². The summed E-state index contributed by atoms with van der Waals surface area (Å²) in [5, 5.41) is 8.36. The number of hydrogen-bond acceptors (Lipinski definition) is 4. The number of benzene rings is 2. The Morgan fingerprint density at radius 2 is 1.61 bits per heavy atom. The number of ether oxygens (including phenoxy) is 1. The van der Waals surface area contributed by atoms with E-state index >= 15 is 0 Å². The third kappa shape index (κ3) is 8.49. The summed E-state index contributed by atoms with van der Waals surface area (Å²) in [4.78, 5) is 24.9. The second-order valence-electron chi connectivity index (χ2n) is 8.31. The maximum Gasteiger partial charge on any atom is 0.408 e. The normalized spacial score (nSPS) is 12.9. The molecular weight excluding hydrogens is 496 g/mol. The van der Waals surface area contributed by atoms with Crippen LogP contribution >= 0.6 is 15.9 Å². The van der Waals surface area contributed by atoms with Gasteiger partial charge in [0.25, 0.3) is 5.91 Å². The molecule has 6 nitrogen and oxygen atoms in total. The van der Waals surface area contributed by atoms with Gasteiger partial charge in [0.15, 0.2) is 0 Å². The monoisotopic (exact) mass is 523 g/mol. The van der Waals surface area contributed by atoms with Crippen molar-refractivity contribution in [3.63, 3.8) is 0 Å². The van der Waals surface area contributed by atoms with E-state index in [1.165, 1.54) is 18.2 Å². The molecule has 2 aromatic carbocycles. The summed E-state index contributed by atoms with van der Waals surface area (Å²) in [5.41, 5.74) is 0.393. The molecule has 0 saturated heterocycles. The van der Waals surface area contributed by atoms with Crippen molar-refractivity contribution in [1.82, 2.24) is 16.0 Å². The molecule has 0 aliphatic carbocycles. The number of carbonyl (C=O) groups excluding carboxylic acids is 2. The fourth-order valence-corrected chi connectivity index (χ4v) is 3.11. The Bertz CT molecular complexity index is 988. The van der Waals surface area contributed by atoms with Gasteiger partial charge < -0.3 is 20.7 Å². The van der Waals surface area contributed by atoms with Crippen molar-refractivity contribution in [2.75, 3.05) is 6.54 Å². The number of amides is 2. The molecule has 1 atom stereocenters. The first kappa shape index (κ1) is 26.3. The summed E-state index contributed by atoms with van der Waals surface area (Å²) >= 11 is 3.22. The fourth-order valence-electron chi connectivity index (χ4n) is 2.83. The van der Waals surface area contributed by atoms with Crippen LogP contribution in [0.4, 0.5) is 13.6 Å². The SMILES string of the molecule is C/C(NCc1c(F)cccc1F)=C(\Br)C(=O)NC[C@H](NC(=O)OC(C)(C)C)c1ccccc1. The molecule has 0 unspecified atom stereocenters. The van der Waals surface area contributed by atoms with Crippen molar-refractivity contribution in [3.8, 4) is 0 Å². The molecule has 9 heteroatoms. The van der Waals surface area contributed by atoms with Gasteiger partial charge in [0.2, 0.25) is 0 Å². The minimum Gasteiger partial charge on any atom is -0.444 e. The molecule has 0 aliphatic rings. The molecule has 0 aromatic heterocycles. The summed E-state index contributed by atoms with van der Waals surface area (Å²) in [6.07, 6.45) is -0.607. The quantitative estimate of drug-likeness (QED) is 0.422. The molecule has 2 aromatic rings. The number of alkyl carbamates (subject to hydrolysis) is 1. The van der Waals surface area contributed by atoms with Gasteiger partial charge in [-0.05, 0) is 61.3 Å². The molecule has 3 N–H and O–H groups in total. The van der Waals surface area contributed by atoms with E-state index in [2.05, 4.69) is 31.9 Å². The third-order valence-electron chi connectivity index (χ3n) is 4.48. The van der Waals surface area contributed by atoms with Gasteiger partial charge in [0, 0.05) is 24.4 Å². The first-order valence-electron chi connectivity index (χ1n) is 10.3. The Balaban J connectivity index is 2.04. The highest BCUT2D eigenvalue weighted by Crippen LogP contribution is 2.17. The smallest absolute Gasteiger partial charge is 0.408 e. The van der Waals surface area contributed by atoms with Crippen LogP contribution in [-0.4, -0.2) is 24.1 Å². The summed E-state index contributed by atoms with van der Waals surface area (Å²) < 4.78 is 33.1. The molecule has 0 bridgehead atoms. The Morgan fingerprint density at radius 3 is 2.18 bits per heavy atom. The van der Waals surface area contributed by atoms with Gasteiger partial charge >= 0.3 is 6.09 Å². The number of halogens is 3. The average Bonchev–Trinajstić information content (AvgIpc) is 2.74. The Hall–Kier alpha value is -2.94. The number of nitrogens with one attached hydrogen (secondary N) is 3. The standard InChI is InChI=1S/C24H28BrF2N3O3/c1-15(28-13-17-18(26)11-8-12-19(17)27)21(25)22(31)29-14-20(16-9-6-5-7-10-16)30-23(32)33-24(2,3)4/h5-12,20,28H,13-14H2,1-4H3,(H,29,31)(H,30,32)/b21-15+/t20-/m0/s1. The van der Waals surface area contributed by atoms with Crippen LogP contribution < -0.4 is 16.0 Å². The van der Waals surface area contributed by atoms with E-state index in [0.29, 0.717) is 5.70 Å². The van der Waals surface area contributed by atoms with Gasteiger partial charge in [-0.2, -0.15) is 0 Å². The van der Waals surface area contributed by atoms with Crippen LogP contribution in [0.1, 0.15) is 44.9 Å². The average molecular weight is 524 g/mol. The Morgan fingerprint density at radius 1 is 1.00 bits per heavy atom. The van der Waals surface area contributed by atoms with Gasteiger partial charge in [0.1, 0.15) is 21.7 Å². The highest BCUT2D eigenvalue weighted by atomic mass is 79.9. The van der Waals surface area contributed by atoms with Gasteiger partial charge in [-0.15, -0.1) is 0 Å². The van der Waals surface area contributed by atoms with Crippen LogP contribution in [-0.2, 0) is 16.1 Å². The first-order valence-corrected chi connectivity index (χ1v) is 11.1. The van der Waals surface area contributed by atoms with E-state index in [1.807, 2.05) is 30.3 Å². The minimum absolute atomic E-state index is 0.0897. The van der Waals surface area contributed by atoms with Crippen LogP contribution in [0.25, 0.3) is 0 Å². The predicted octanol–water partition coefficient (Wildman–Crippen LogP) is 5.06. The highest BCUT2D eigenvalue weighted by molar-refractivity contribution is 9.12. The van der Waals surface area contributed by atoms with Crippen LogP contribution in [0.3, 0.4) is 0 Å². The summed E-state index contributed by atoms with van der Waals surface area (Å²) in [6, 6.07) is 12.2. The lowest BCUT2D eigenvalue weighted by atomic mass is 10.1. The van der Waals surface area contributed by atoms with Gasteiger partial charge in [0.05, 0.1) is 6.04 Å². The van der Waals surface area contributed by atoms with Gasteiger partial charge in [-0.3, -0.25) is 4.79 Å². The van der Waals surface area contributed by atoms with Crippen LogP contribution in [0.5, 0.6) is 0 Å². The Kier molecular flexibility index (Phi) is 9.40. The van der Waals surface area contributed by atoms with Crippen molar-refractivity contribution in [1.29, 1.82) is 0 Å². The molecule has 2 rings (SSSR count). The van der Waals surface area contributed by atoms with Crippen molar-refractivity contribution >= 4 is 27.9 Å². The zero-order valence-electron chi connectivity index (χ0n) is 19.0. The number of rotatable bonds is 8. The zero-order valence-corrected chi connectivity index (χ0v) is 20.6. The van der Waals surface area contributed by atoms with Crippen molar-refractivity contribution < 1.29 is 23.1 Å². The van der Waals surface area contributed by atoms with Crippen LogP contribution in [0.2, 0.25) is 0 Å². The maximum absolute atomic E-state index is 13.8. The van der Waals surface area contributed by atoms with E-state index in [4.69, 9.17) is 4.74 Å². The highest BCUT2D eigenvalue weighted by Gasteiger charge is 2.22. The summed E-state index contributed by atoms with van der Waals surface area (Å²) in [5.74, 6) is -1.80. The molecule has 0 saturated carbocycles. The minimum atomic E-state index is -0.671. The van der Waals surface area contributed by atoms with Gasteiger partial charge in [-0.25, -0.2) is 13.6 Å². The van der Waals surface area contributed by atoms with E-state index in [1.54, 1.807) is 27.7 Å². The van der Waals surface area contributed by atoms with E-state index in [-0.39, 0.29) is 23.1 Å². The lowest BCUT2D eigenvalue weighted by Gasteiger charge is -2.24. The van der Waals surface area contributed by atoms with Crippen molar-refractivity contribution in [2.45, 2.75) is 45.9 Å². The van der Waals surface area contributed by atoms with Crippen molar-refractivity contribution in [3.05, 3.63) is 81.5 Å². The lowest BCUT2D eigenvalue weighted by molar-refractivity contribution is -0.116. The molecule has 0 fully saturated rings. The molecule has 2 amide bonds. The van der Waals surface area contributed by atoms with Gasteiger partial charge in [-0.1, -0.05) is 36.4 Å². The first-order chi connectivity index (χ1) is 15.5. The second-order valence-corrected chi connectivity index (χ2v) is 9.11.